The minimum Gasteiger partial charge on any atom is -0.359 e. The lowest BCUT2D eigenvalue weighted by Gasteiger charge is -2.21. The lowest BCUT2D eigenvalue weighted by Crippen LogP contribution is -2.39. The highest BCUT2D eigenvalue weighted by Crippen LogP contribution is 2.28. The molecule has 0 bridgehead atoms. The van der Waals surface area contributed by atoms with E-state index in [1.54, 1.807) is 23.9 Å². The number of amidine groups is 1. The molecule has 2 nitrogen and oxygen atoms in total. The summed E-state index contributed by atoms with van der Waals surface area (Å²) < 4.78 is 12.9. The number of nitrogens with one attached hydrogen (secondary N) is 1. The fourth-order valence-corrected chi connectivity index (χ4v) is 3.09. The van der Waals surface area contributed by atoms with Gasteiger partial charge in [-0.15, -0.1) is 0 Å². The van der Waals surface area contributed by atoms with Crippen molar-refractivity contribution in [1.29, 1.82) is 0 Å². The quantitative estimate of drug-likeness (QED) is 0.901. The van der Waals surface area contributed by atoms with Crippen molar-refractivity contribution in [3.05, 3.63) is 35.6 Å². The van der Waals surface area contributed by atoms with E-state index in [1.165, 1.54) is 12.1 Å². The lowest BCUT2D eigenvalue weighted by atomic mass is 10.0. The topological polar surface area (TPSA) is 24.4 Å². The van der Waals surface area contributed by atoms with Crippen LogP contribution in [0, 0.1) is 5.82 Å². The first kappa shape index (κ1) is 13.4. The molecule has 98 valence electrons. The third-order valence-electron chi connectivity index (χ3n) is 3.38. The monoisotopic (exact) mass is 266 g/mol. The maximum Gasteiger partial charge on any atom is 0.157 e. The fraction of sp³-hybridized carbons (Fsp3) is 0.500. The summed E-state index contributed by atoms with van der Waals surface area (Å²) in [6.07, 6.45) is 1.09. The molecule has 0 radical (unpaired) electrons. The van der Waals surface area contributed by atoms with E-state index in [4.69, 9.17) is 0 Å². The number of thioether (sulfide) groups is 1. The standard InChI is InChI=1S/C14H19FN2S/c1-4-14(3)9-18-13(17-14)16-10(2)11-5-7-12(15)8-6-11/h5-8,10H,4,9H2,1-3H3,(H,16,17). The summed E-state index contributed by atoms with van der Waals surface area (Å²) in [6, 6.07) is 6.61. The molecule has 1 aliphatic heterocycles. The zero-order valence-electron chi connectivity index (χ0n) is 11.0. The van der Waals surface area contributed by atoms with Gasteiger partial charge in [-0.2, -0.15) is 0 Å². The van der Waals surface area contributed by atoms with Crippen LogP contribution in [0.15, 0.2) is 29.3 Å². The number of rotatable bonds is 3. The van der Waals surface area contributed by atoms with Crippen molar-refractivity contribution < 1.29 is 4.39 Å². The predicted molar refractivity (Wildman–Crippen MR) is 76.5 cm³/mol. The Balaban J connectivity index is 2.07. The van der Waals surface area contributed by atoms with Crippen molar-refractivity contribution in [3.8, 4) is 0 Å². The molecule has 0 amide bonds. The molecule has 18 heavy (non-hydrogen) atoms. The maximum atomic E-state index is 12.9. The highest BCUT2D eigenvalue weighted by atomic mass is 32.2. The van der Waals surface area contributed by atoms with Gasteiger partial charge >= 0.3 is 0 Å². The van der Waals surface area contributed by atoms with Crippen LogP contribution in [-0.4, -0.2) is 16.5 Å². The van der Waals surface area contributed by atoms with Gasteiger partial charge in [0.1, 0.15) is 5.82 Å². The zero-order chi connectivity index (χ0) is 13.2. The van der Waals surface area contributed by atoms with Crippen LogP contribution in [0.4, 0.5) is 4.39 Å². The second-order valence-corrected chi connectivity index (χ2v) is 5.95. The largest absolute Gasteiger partial charge is 0.359 e. The summed E-state index contributed by atoms with van der Waals surface area (Å²) in [5.41, 5.74) is 1.20. The first-order valence-corrected chi connectivity index (χ1v) is 7.25. The van der Waals surface area contributed by atoms with Gasteiger partial charge in [-0.1, -0.05) is 30.8 Å². The Hall–Kier alpha value is -1.03. The average molecular weight is 266 g/mol. The summed E-state index contributed by atoms with van der Waals surface area (Å²) in [7, 11) is 0. The average Bonchev–Trinajstić information content (AvgIpc) is 2.72. The number of nitrogens with zero attached hydrogens (tertiary/aromatic N) is 1. The van der Waals surface area contributed by atoms with Crippen molar-refractivity contribution in [2.45, 2.75) is 38.8 Å². The number of hydrogen-bond donors (Lipinski definition) is 1. The van der Waals surface area contributed by atoms with Crippen molar-refractivity contribution >= 4 is 16.9 Å². The molecule has 0 saturated carbocycles. The molecule has 4 heteroatoms. The van der Waals surface area contributed by atoms with Gasteiger partial charge in [0.15, 0.2) is 5.17 Å². The first-order chi connectivity index (χ1) is 8.52. The summed E-state index contributed by atoms with van der Waals surface area (Å²) >= 11 is 1.76. The molecule has 1 heterocycles. The smallest absolute Gasteiger partial charge is 0.157 e. The SMILES string of the molecule is CCC1(C)CSC(=NC(C)c2ccc(F)cc2)N1. The van der Waals surface area contributed by atoms with Crippen LogP contribution in [0.3, 0.4) is 0 Å². The van der Waals surface area contributed by atoms with E-state index in [2.05, 4.69) is 24.2 Å². The van der Waals surface area contributed by atoms with E-state index in [-0.39, 0.29) is 17.4 Å². The number of benzene rings is 1. The minimum atomic E-state index is -0.203. The summed E-state index contributed by atoms with van der Waals surface area (Å²) in [5, 5.41) is 4.46. The van der Waals surface area contributed by atoms with Crippen LogP contribution >= 0.6 is 11.8 Å². The van der Waals surface area contributed by atoms with E-state index in [0.29, 0.717) is 0 Å². The molecule has 0 spiro atoms. The molecule has 1 aromatic carbocycles. The third-order valence-corrected chi connectivity index (χ3v) is 4.64. The van der Waals surface area contributed by atoms with Gasteiger partial charge in [-0.05, 0) is 38.0 Å². The van der Waals surface area contributed by atoms with Gasteiger partial charge in [-0.25, -0.2) is 4.39 Å². The molecule has 2 unspecified atom stereocenters. The highest BCUT2D eigenvalue weighted by molar-refractivity contribution is 8.14. The van der Waals surface area contributed by atoms with Gasteiger partial charge in [0.05, 0.1) is 6.04 Å². The van der Waals surface area contributed by atoms with Gasteiger partial charge in [0.2, 0.25) is 0 Å². The second kappa shape index (κ2) is 5.31. The lowest BCUT2D eigenvalue weighted by molar-refractivity contribution is 0.465. The Bertz CT molecular complexity index is 444. The van der Waals surface area contributed by atoms with Crippen LogP contribution in [0.1, 0.15) is 38.8 Å². The zero-order valence-corrected chi connectivity index (χ0v) is 11.9. The van der Waals surface area contributed by atoms with Crippen LogP contribution in [-0.2, 0) is 0 Å². The molecular weight excluding hydrogens is 247 g/mol. The Morgan fingerprint density at radius 2 is 2.11 bits per heavy atom. The molecule has 2 rings (SSSR count). The predicted octanol–water partition coefficient (Wildman–Crippen LogP) is 3.75. The van der Waals surface area contributed by atoms with E-state index in [1.807, 2.05) is 6.92 Å². The molecule has 1 aliphatic rings. The number of aliphatic imine (C=N–C) groups is 1. The van der Waals surface area contributed by atoms with Gasteiger partial charge in [0, 0.05) is 11.3 Å². The fourth-order valence-electron chi connectivity index (χ4n) is 1.81. The molecule has 0 aromatic heterocycles. The van der Waals surface area contributed by atoms with Gasteiger partial charge in [-0.3, -0.25) is 4.99 Å². The molecule has 1 fully saturated rings. The Morgan fingerprint density at radius 3 is 2.67 bits per heavy atom. The third kappa shape index (κ3) is 3.05. The van der Waals surface area contributed by atoms with E-state index >= 15 is 0 Å². The van der Waals surface area contributed by atoms with Gasteiger partial charge < -0.3 is 5.32 Å². The number of hydrogen-bond acceptors (Lipinski definition) is 2. The second-order valence-electron chi connectivity index (χ2n) is 4.99. The van der Waals surface area contributed by atoms with Crippen LogP contribution in [0.5, 0.6) is 0 Å². The Morgan fingerprint density at radius 1 is 1.44 bits per heavy atom. The molecule has 1 saturated heterocycles. The summed E-state index contributed by atoms with van der Waals surface area (Å²) in [4.78, 5) is 4.67. The van der Waals surface area contributed by atoms with Crippen LogP contribution < -0.4 is 5.32 Å². The molecule has 1 aromatic rings. The van der Waals surface area contributed by atoms with E-state index < -0.39 is 0 Å². The summed E-state index contributed by atoms with van der Waals surface area (Å²) in [6.45, 7) is 6.43. The van der Waals surface area contributed by atoms with Crippen LogP contribution in [0.2, 0.25) is 0 Å². The van der Waals surface area contributed by atoms with Crippen molar-refractivity contribution in [2.75, 3.05) is 5.75 Å². The number of halogens is 1. The maximum absolute atomic E-state index is 12.9. The van der Waals surface area contributed by atoms with Gasteiger partial charge in [0.25, 0.3) is 0 Å². The molecule has 0 aliphatic carbocycles. The van der Waals surface area contributed by atoms with E-state index in [0.717, 1.165) is 22.9 Å². The highest BCUT2D eigenvalue weighted by Gasteiger charge is 2.30. The van der Waals surface area contributed by atoms with Crippen molar-refractivity contribution in [3.63, 3.8) is 0 Å². The Labute approximate surface area is 112 Å². The normalized spacial score (nSPS) is 27.2. The van der Waals surface area contributed by atoms with Crippen LogP contribution in [0.25, 0.3) is 0 Å². The van der Waals surface area contributed by atoms with Crippen molar-refractivity contribution in [1.82, 2.24) is 5.32 Å². The minimum absolute atomic E-state index is 0.0554. The Kier molecular flexibility index (Phi) is 3.95. The first-order valence-electron chi connectivity index (χ1n) is 6.27. The summed E-state index contributed by atoms with van der Waals surface area (Å²) in [5.74, 6) is 0.851. The molecule has 2 atom stereocenters. The molecular formula is C14H19FN2S. The van der Waals surface area contributed by atoms with E-state index in [9.17, 15) is 4.39 Å². The van der Waals surface area contributed by atoms with Crippen molar-refractivity contribution in [2.24, 2.45) is 4.99 Å². The molecule has 1 N–H and O–H groups in total.